The van der Waals surface area contributed by atoms with Crippen LogP contribution in [0.5, 0.6) is 11.5 Å². The van der Waals surface area contributed by atoms with Gasteiger partial charge in [-0.2, -0.15) is 0 Å². The summed E-state index contributed by atoms with van der Waals surface area (Å²) in [6, 6.07) is 17.8. The van der Waals surface area contributed by atoms with Gasteiger partial charge in [0.2, 0.25) is 5.91 Å². The molecule has 10 nitrogen and oxygen atoms in total. The SMILES string of the molecule is COc1ccc(NC(=O)CN2C(=O)S/C(=C\c3cc(Br)ccc3OCc3ccc([N+](=O)[O-])cc3)C2=O)cc1. The number of ether oxygens (including phenoxy) is 2. The van der Waals surface area contributed by atoms with E-state index in [1.807, 2.05) is 0 Å². The molecule has 1 heterocycles. The first-order valence-corrected chi connectivity index (χ1v) is 12.7. The minimum atomic E-state index is -0.592. The third kappa shape index (κ3) is 6.58. The van der Waals surface area contributed by atoms with Crippen molar-refractivity contribution < 1.29 is 28.8 Å². The zero-order chi connectivity index (χ0) is 27.2. The maximum Gasteiger partial charge on any atom is 0.294 e. The van der Waals surface area contributed by atoms with Crippen molar-refractivity contribution in [1.29, 1.82) is 0 Å². The Kier molecular flexibility index (Phi) is 8.44. The molecule has 1 fully saturated rings. The molecule has 3 aromatic rings. The van der Waals surface area contributed by atoms with Crippen LogP contribution in [-0.4, -0.2) is 40.5 Å². The molecule has 0 aliphatic carbocycles. The molecule has 0 aromatic heterocycles. The number of halogens is 1. The van der Waals surface area contributed by atoms with Crippen LogP contribution in [0.3, 0.4) is 0 Å². The first-order valence-electron chi connectivity index (χ1n) is 11.1. The molecule has 0 radical (unpaired) electrons. The number of imide groups is 1. The highest BCUT2D eigenvalue weighted by molar-refractivity contribution is 9.10. The van der Waals surface area contributed by atoms with Gasteiger partial charge in [-0.25, -0.2) is 0 Å². The van der Waals surface area contributed by atoms with Crippen LogP contribution in [0, 0.1) is 10.1 Å². The van der Waals surface area contributed by atoms with Gasteiger partial charge >= 0.3 is 0 Å². The molecule has 1 aliphatic heterocycles. The Labute approximate surface area is 229 Å². The average molecular weight is 598 g/mol. The molecule has 1 saturated heterocycles. The molecular formula is C26H20BrN3O7S. The molecule has 3 aromatic carbocycles. The summed E-state index contributed by atoms with van der Waals surface area (Å²) in [5.41, 5.74) is 1.73. The van der Waals surface area contributed by atoms with Crippen molar-refractivity contribution in [3.05, 3.63) is 97.3 Å². The van der Waals surface area contributed by atoms with Crippen molar-refractivity contribution in [3.8, 4) is 11.5 Å². The first kappa shape index (κ1) is 26.9. The summed E-state index contributed by atoms with van der Waals surface area (Å²) in [7, 11) is 1.53. The fourth-order valence-electron chi connectivity index (χ4n) is 3.43. The maximum atomic E-state index is 13.0. The molecule has 0 atom stereocenters. The van der Waals surface area contributed by atoms with Gasteiger partial charge in [0.1, 0.15) is 24.7 Å². The van der Waals surface area contributed by atoms with E-state index >= 15 is 0 Å². The van der Waals surface area contributed by atoms with E-state index in [4.69, 9.17) is 9.47 Å². The van der Waals surface area contributed by atoms with Crippen LogP contribution >= 0.6 is 27.7 Å². The summed E-state index contributed by atoms with van der Waals surface area (Å²) in [6.07, 6.45) is 1.53. The number of amides is 3. The standard InChI is InChI=1S/C26H20BrN3O7S/c1-36-21-9-5-19(6-10-21)28-24(31)14-29-25(32)23(38-26(29)33)13-17-12-18(27)4-11-22(17)37-15-16-2-7-20(8-3-16)30(34)35/h2-13H,14-15H2,1H3,(H,28,31)/b23-13-. The molecule has 194 valence electrons. The van der Waals surface area contributed by atoms with Crippen molar-refractivity contribution in [3.63, 3.8) is 0 Å². The summed E-state index contributed by atoms with van der Waals surface area (Å²) >= 11 is 4.13. The number of carbonyl (C=O) groups is 3. The lowest BCUT2D eigenvalue weighted by Crippen LogP contribution is -2.36. The summed E-state index contributed by atoms with van der Waals surface area (Å²) in [5.74, 6) is -0.0437. The van der Waals surface area contributed by atoms with E-state index in [1.54, 1.807) is 54.6 Å². The molecule has 4 rings (SSSR count). The number of rotatable bonds is 9. The van der Waals surface area contributed by atoms with Gasteiger partial charge in [0.05, 0.1) is 16.9 Å². The summed E-state index contributed by atoms with van der Waals surface area (Å²) < 4.78 is 11.7. The Morgan fingerprint density at radius 1 is 1.11 bits per heavy atom. The second-order valence-electron chi connectivity index (χ2n) is 7.94. The summed E-state index contributed by atoms with van der Waals surface area (Å²) in [4.78, 5) is 49.4. The highest BCUT2D eigenvalue weighted by Gasteiger charge is 2.36. The number of thioether (sulfide) groups is 1. The molecule has 38 heavy (non-hydrogen) atoms. The summed E-state index contributed by atoms with van der Waals surface area (Å²) in [5, 5.41) is 12.9. The Bertz CT molecular complexity index is 1430. The van der Waals surface area contributed by atoms with Crippen LogP contribution in [0.15, 0.2) is 76.1 Å². The number of hydrogen-bond acceptors (Lipinski definition) is 8. The van der Waals surface area contributed by atoms with Crippen molar-refractivity contribution in [2.24, 2.45) is 0 Å². The van der Waals surface area contributed by atoms with Gasteiger partial charge in [-0.1, -0.05) is 15.9 Å². The Morgan fingerprint density at radius 2 is 1.82 bits per heavy atom. The number of hydrogen-bond donors (Lipinski definition) is 1. The lowest BCUT2D eigenvalue weighted by molar-refractivity contribution is -0.384. The second-order valence-corrected chi connectivity index (χ2v) is 9.85. The number of carbonyl (C=O) groups excluding carboxylic acids is 3. The van der Waals surface area contributed by atoms with Crippen molar-refractivity contribution in [2.75, 3.05) is 19.0 Å². The third-order valence-electron chi connectivity index (χ3n) is 5.35. The largest absolute Gasteiger partial charge is 0.497 e. The number of nitro benzene ring substituents is 1. The van der Waals surface area contributed by atoms with Crippen LogP contribution in [0.25, 0.3) is 6.08 Å². The van der Waals surface area contributed by atoms with Gasteiger partial charge in [-0.05, 0) is 78.0 Å². The van der Waals surface area contributed by atoms with Crippen molar-refractivity contribution >= 4 is 62.2 Å². The van der Waals surface area contributed by atoms with E-state index in [0.29, 0.717) is 28.3 Å². The Balaban J connectivity index is 1.45. The van der Waals surface area contributed by atoms with Crippen LogP contribution in [0.2, 0.25) is 0 Å². The number of anilines is 1. The fraction of sp³-hybridized carbons (Fsp3) is 0.115. The van der Waals surface area contributed by atoms with Gasteiger partial charge in [0.15, 0.2) is 0 Å². The highest BCUT2D eigenvalue weighted by Crippen LogP contribution is 2.35. The van der Waals surface area contributed by atoms with E-state index in [2.05, 4.69) is 21.2 Å². The summed E-state index contributed by atoms with van der Waals surface area (Å²) in [6.45, 7) is -0.302. The predicted octanol–water partition coefficient (Wildman–Crippen LogP) is 5.62. The molecule has 1 aliphatic rings. The van der Waals surface area contributed by atoms with Crippen LogP contribution in [0.4, 0.5) is 16.2 Å². The van der Waals surface area contributed by atoms with Crippen LogP contribution in [0.1, 0.15) is 11.1 Å². The van der Waals surface area contributed by atoms with Crippen molar-refractivity contribution in [2.45, 2.75) is 6.61 Å². The molecule has 0 saturated carbocycles. The van der Waals surface area contributed by atoms with E-state index in [-0.39, 0.29) is 17.2 Å². The molecule has 3 amide bonds. The van der Waals surface area contributed by atoms with Gasteiger partial charge in [0, 0.05) is 27.9 Å². The van der Waals surface area contributed by atoms with E-state index in [9.17, 15) is 24.5 Å². The van der Waals surface area contributed by atoms with E-state index in [0.717, 1.165) is 21.1 Å². The minimum Gasteiger partial charge on any atom is -0.497 e. The molecule has 0 spiro atoms. The van der Waals surface area contributed by atoms with Crippen molar-refractivity contribution in [1.82, 2.24) is 4.90 Å². The molecule has 0 bridgehead atoms. The zero-order valence-electron chi connectivity index (χ0n) is 19.9. The average Bonchev–Trinajstić information content (AvgIpc) is 3.16. The lowest BCUT2D eigenvalue weighted by Gasteiger charge is -2.13. The molecular weight excluding hydrogens is 578 g/mol. The number of benzene rings is 3. The predicted molar refractivity (Wildman–Crippen MR) is 146 cm³/mol. The number of nitrogens with one attached hydrogen (secondary N) is 1. The van der Waals surface area contributed by atoms with E-state index < -0.39 is 28.5 Å². The van der Waals surface area contributed by atoms with Gasteiger partial charge in [-0.15, -0.1) is 0 Å². The molecule has 12 heteroatoms. The van der Waals surface area contributed by atoms with Crippen LogP contribution < -0.4 is 14.8 Å². The zero-order valence-corrected chi connectivity index (χ0v) is 22.3. The number of non-ortho nitro benzene ring substituents is 1. The third-order valence-corrected chi connectivity index (χ3v) is 6.75. The van der Waals surface area contributed by atoms with Crippen LogP contribution in [-0.2, 0) is 16.2 Å². The monoisotopic (exact) mass is 597 g/mol. The maximum absolute atomic E-state index is 13.0. The smallest absolute Gasteiger partial charge is 0.294 e. The normalized spacial score (nSPS) is 14.1. The molecule has 1 N–H and O–H groups in total. The molecule has 0 unspecified atom stereocenters. The number of nitrogens with zero attached hydrogens (tertiary/aromatic N) is 2. The quantitative estimate of drug-likeness (QED) is 0.191. The fourth-order valence-corrected chi connectivity index (χ4v) is 4.64. The van der Waals surface area contributed by atoms with E-state index in [1.165, 1.54) is 25.3 Å². The first-order chi connectivity index (χ1) is 18.2. The van der Waals surface area contributed by atoms with Gasteiger partial charge < -0.3 is 14.8 Å². The topological polar surface area (TPSA) is 128 Å². The lowest BCUT2D eigenvalue weighted by atomic mass is 10.1. The second kappa shape index (κ2) is 11.9. The number of nitro groups is 1. The van der Waals surface area contributed by atoms with Gasteiger partial charge in [0.25, 0.3) is 16.8 Å². The Hall–Kier alpha value is -4.16. The van der Waals surface area contributed by atoms with Gasteiger partial charge in [-0.3, -0.25) is 29.4 Å². The number of methoxy groups -OCH3 is 1. The Morgan fingerprint density at radius 3 is 2.47 bits per heavy atom. The minimum absolute atomic E-state index is 0.0218. The highest BCUT2D eigenvalue weighted by atomic mass is 79.9.